The number of amides is 1. The van der Waals surface area contributed by atoms with E-state index in [0.29, 0.717) is 17.0 Å². The Morgan fingerprint density at radius 3 is 2.27 bits per heavy atom. The second-order valence-electron chi connectivity index (χ2n) is 9.04. The molecular formula is C25H38N2O6. The molecular weight excluding hydrogens is 424 g/mol. The molecule has 1 saturated carbocycles. The van der Waals surface area contributed by atoms with Gasteiger partial charge in [-0.25, -0.2) is 9.59 Å². The molecule has 0 aliphatic heterocycles. The van der Waals surface area contributed by atoms with Gasteiger partial charge >= 0.3 is 11.9 Å². The number of esters is 2. The van der Waals surface area contributed by atoms with Gasteiger partial charge in [0, 0.05) is 6.04 Å². The molecule has 2 rings (SSSR count). The first kappa shape index (κ1) is 26.8. The van der Waals surface area contributed by atoms with Gasteiger partial charge in [0.25, 0.3) is 5.91 Å². The second kappa shape index (κ2) is 13.3. The minimum absolute atomic E-state index is 0.0214. The van der Waals surface area contributed by atoms with Crippen LogP contribution in [0.2, 0.25) is 0 Å². The first-order valence-corrected chi connectivity index (χ1v) is 11.8. The molecule has 0 saturated heterocycles. The molecule has 0 heterocycles. The van der Waals surface area contributed by atoms with Crippen LogP contribution in [-0.4, -0.2) is 49.2 Å². The van der Waals surface area contributed by atoms with Crippen molar-refractivity contribution in [1.29, 1.82) is 0 Å². The summed E-state index contributed by atoms with van der Waals surface area (Å²) in [5, 5.41) is 2.69. The van der Waals surface area contributed by atoms with Crippen molar-refractivity contribution in [3.05, 3.63) is 35.4 Å². The zero-order chi connectivity index (χ0) is 24.4. The quantitative estimate of drug-likeness (QED) is 0.485. The van der Waals surface area contributed by atoms with Gasteiger partial charge in [-0.15, -0.1) is 0 Å². The minimum Gasteiger partial charge on any atom is -0.465 e. The number of hydrogen-bond acceptors (Lipinski definition) is 7. The van der Waals surface area contributed by atoms with Crippen molar-refractivity contribution in [2.45, 2.75) is 90.2 Å². The van der Waals surface area contributed by atoms with Crippen LogP contribution in [0.25, 0.3) is 0 Å². The third-order valence-corrected chi connectivity index (χ3v) is 5.86. The van der Waals surface area contributed by atoms with Crippen LogP contribution in [0, 0.1) is 5.92 Å². The number of methoxy groups -OCH3 is 1. The topological polar surface area (TPSA) is 117 Å². The Bertz CT molecular complexity index is 774. The first-order chi connectivity index (χ1) is 15.7. The van der Waals surface area contributed by atoms with Gasteiger partial charge in [0.05, 0.1) is 18.8 Å². The van der Waals surface area contributed by atoms with Gasteiger partial charge < -0.3 is 25.3 Å². The van der Waals surface area contributed by atoms with E-state index in [2.05, 4.69) is 10.1 Å². The first-order valence-electron chi connectivity index (χ1n) is 11.8. The normalized spacial score (nSPS) is 17.2. The van der Waals surface area contributed by atoms with Gasteiger partial charge in [-0.2, -0.15) is 0 Å². The smallest absolute Gasteiger partial charge is 0.337 e. The highest BCUT2D eigenvalue weighted by Gasteiger charge is 2.32. The average Bonchev–Trinajstić information content (AvgIpc) is 2.81. The summed E-state index contributed by atoms with van der Waals surface area (Å²) in [5.41, 5.74) is 7.52. The summed E-state index contributed by atoms with van der Waals surface area (Å²) in [5.74, 6) is -0.897. The van der Waals surface area contributed by atoms with Crippen LogP contribution >= 0.6 is 0 Å². The number of benzene rings is 1. The SMILES string of the molecule is COC(=O)c1ccc(COC(=O)C(C)NC(=O)C(OC(C)C)C(N)CC2CCCCC2)cc1. The summed E-state index contributed by atoms with van der Waals surface area (Å²) in [6.07, 6.45) is 5.65. The molecule has 8 nitrogen and oxygen atoms in total. The van der Waals surface area contributed by atoms with Crippen LogP contribution < -0.4 is 11.1 Å². The van der Waals surface area contributed by atoms with Gasteiger partial charge in [-0.3, -0.25) is 4.79 Å². The standard InChI is InChI=1S/C25H38N2O6/c1-16(2)33-22(21(26)14-18-8-6-5-7-9-18)23(28)27-17(3)24(29)32-15-19-10-12-20(13-11-19)25(30)31-4/h10-13,16-18,21-22H,5-9,14-15,26H2,1-4H3,(H,27,28). The summed E-state index contributed by atoms with van der Waals surface area (Å²) in [6, 6.07) is 5.27. The van der Waals surface area contributed by atoms with Crippen molar-refractivity contribution in [1.82, 2.24) is 5.32 Å². The highest BCUT2D eigenvalue weighted by molar-refractivity contribution is 5.89. The molecule has 0 bridgehead atoms. The van der Waals surface area contributed by atoms with E-state index in [4.69, 9.17) is 15.2 Å². The van der Waals surface area contributed by atoms with Gasteiger partial charge in [0.1, 0.15) is 12.6 Å². The van der Waals surface area contributed by atoms with E-state index in [1.165, 1.54) is 26.4 Å². The molecule has 0 aromatic heterocycles. The van der Waals surface area contributed by atoms with Crippen molar-refractivity contribution in [3.8, 4) is 0 Å². The van der Waals surface area contributed by atoms with Crippen molar-refractivity contribution in [2.75, 3.05) is 7.11 Å². The Morgan fingerprint density at radius 1 is 1.06 bits per heavy atom. The van der Waals surface area contributed by atoms with E-state index in [-0.39, 0.29) is 12.7 Å². The van der Waals surface area contributed by atoms with E-state index in [0.717, 1.165) is 19.3 Å². The number of carbonyl (C=O) groups excluding carboxylic acids is 3. The van der Waals surface area contributed by atoms with Crippen LogP contribution in [-0.2, 0) is 30.4 Å². The van der Waals surface area contributed by atoms with E-state index in [1.54, 1.807) is 31.2 Å². The molecule has 0 radical (unpaired) electrons. The maximum atomic E-state index is 12.9. The number of nitrogens with two attached hydrogens (primary N) is 1. The molecule has 33 heavy (non-hydrogen) atoms. The number of carbonyl (C=O) groups is 3. The Labute approximate surface area is 196 Å². The lowest BCUT2D eigenvalue weighted by molar-refractivity contribution is -0.151. The maximum absolute atomic E-state index is 12.9. The predicted molar refractivity (Wildman–Crippen MR) is 124 cm³/mol. The lowest BCUT2D eigenvalue weighted by Gasteiger charge is -2.30. The van der Waals surface area contributed by atoms with Crippen LogP contribution in [0.4, 0.5) is 0 Å². The number of nitrogens with one attached hydrogen (secondary N) is 1. The monoisotopic (exact) mass is 462 g/mol. The molecule has 1 aliphatic rings. The molecule has 1 fully saturated rings. The third kappa shape index (κ3) is 8.78. The minimum atomic E-state index is -0.855. The zero-order valence-corrected chi connectivity index (χ0v) is 20.2. The molecule has 3 unspecified atom stereocenters. The molecule has 3 N–H and O–H groups in total. The largest absolute Gasteiger partial charge is 0.465 e. The summed E-state index contributed by atoms with van der Waals surface area (Å²) < 4.78 is 15.8. The van der Waals surface area contributed by atoms with Gasteiger partial charge in [-0.1, -0.05) is 44.2 Å². The van der Waals surface area contributed by atoms with Crippen LogP contribution in [0.15, 0.2) is 24.3 Å². The predicted octanol–water partition coefficient (Wildman–Crippen LogP) is 3.11. The zero-order valence-electron chi connectivity index (χ0n) is 20.2. The van der Waals surface area contributed by atoms with E-state index >= 15 is 0 Å². The second-order valence-corrected chi connectivity index (χ2v) is 9.04. The Kier molecular flexibility index (Phi) is 10.8. The van der Waals surface area contributed by atoms with Crippen LogP contribution in [0.1, 0.15) is 75.2 Å². The lowest BCUT2D eigenvalue weighted by Crippen LogP contribution is -2.53. The number of ether oxygens (including phenoxy) is 3. The lowest BCUT2D eigenvalue weighted by atomic mass is 9.84. The molecule has 8 heteroatoms. The van der Waals surface area contributed by atoms with Crippen LogP contribution in [0.5, 0.6) is 0 Å². The molecule has 1 aliphatic carbocycles. The molecule has 184 valence electrons. The summed E-state index contributed by atoms with van der Waals surface area (Å²) in [7, 11) is 1.31. The van der Waals surface area contributed by atoms with Crippen LogP contribution in [0.3, 0.4) is 0 Å². The average molecular weight is 463 g/mol. The fourth-order valence-electron chi connectivity index (χ4n) is 4.07. The molecule has 3 atom stereocenters. The van der Waals surface area contributed by atoms with Crippen molar-refractivity contribution in [2.24, 2.45) is 11.7 Å². The third-order valence-electron chi connectivity index (χ3n) is 5.86. The molecule has 1 aromatic carbocycles. The van der Waals surface area contributed by atoms with E-state index in [9.17, 15) is 14.4 Å². The molecule has 1 amide bonds. The van der Waals surface area contributed by atoms with E-state index in [1.807, 2.05) is 13.8 Å². The van der Waals surface area contributed by atoms with Gasteiger partial charge in [-0.05, 0) is 50.8 Å². The highest BCUT2D eigenvalue weighted by Crippen LogP contribution is 2.28. The fraction of sp³-hybridized carbons (Fsp3) is 0.640. The Morgan fingerprint density at radius 2 is 1.70 bits per heavy atom. The molecule has 0 spiro atoms. The Balaban J connectivity index is 1.88. The summed E-state index contributed by atoms with van der Waals surface area (Å²) in [4.78, 5) is 36.8. The number of hydrogen-bond donors (Lipinski definition) is 2. The highest BCUT2D eigenvalue weighted by atomic mass is 16.5. The molecule has 1 aromatic rings. The van der Waals surface area contributed by atoms with E-state index < -0.39 is 36.0 Å². The Hall–Kier alpha value is -2.45. The van der Waals surface area contributed by atoms with Gasteiger partial charge in [0.15, 0.2) is 6.10 Å². The number of rotatable bonds is 11. The fourth-order valence-corrected chi connectivity index (χ4v) is 4.07. The summed E-state index contributed by atoms with van der Waals surface area (Å²) in [6.45, 7) is 5.31. The summed E-state index contributed by atoms with van der Waals surface area (Å²) >= 11 is 0. The van der Waals surface area contributed by atoms with Crippen molar-refractivity contribution < 1.29 is 28.6 Å². The van der Waals surface area contributed by atoms with Crippen molar-refractivity contribution in [3.63, 3.8) is 0 Å². The van der Waals surface area contributed by atoms with Crippen molar-refractivity contribution >= 4 is 17.8 Å². The maximum Gasteiger partial charge on any atom is 0.337 e. The van der Waals surface area contributed by atoms with Gasteiger partial charge in [0.2, 0.25) is 0 Å².